The van der Waals surface area contributed by atoms with Crippen molar-refractivity contribution in [2.24, 2.45) is 0 Å². The summed E-state index contributed by atoms with van der Waals surface area (Å²) in [6.45, 7) is 2.30. The fraction of sp³-hybridized carbons (Fsp3) is 0.263. The Bertz CT molecular complexity index is 627. The molecule has 1 aliphatic carbocycles. The molecular weight excluding hydrogens is 242 g/mol. The van der Waals surface area contributed by atoms with Gasteiger partial charge in [0.2, 0.25) is 0 Å². The van der Waals surface area contributed by atoms with Crippen LogP contribution in [0.4, 0.5) is 0 Å². The second-order valence-electron chi connectivity index (χ2n) is 5.80. The van der Waals surface area contributed by atoms with Crippen LogP contribution < -0.4 is 0 Å². The zero-order chi connectivity index (χ0) is 14.2. The van der Waals surface area contributed by atoms with Crippen LogP contribution in [-0.4, -0.2) is 25.0 Å². The predicted octanol–water partition coefficient (Wildman–Crippen LogP) is 3.95. The van der Waals surface area contributed by atoms with E-state index in [9.17, 15) is 0 Å². The minimum Gasteiger partial charge on any atom is -0.305 e. The van der Waals surface area contributed by atoms with E-state index in [4.69, 9.17) is 0 Å². The van der Waals surface area contributed by atoms with Crippen molar-refractivity contribution < 1.29 is 0 Å². The number of fused-ring (bicyclic) bond motifs is 1. The molecule has 1 aliphatic rings. The molecule has 0 aromatic heterocycles. The fourth-order valence-corrected chi connectivity index (χ4v) is 3.31. The molecule has 2 aromatic carbocycles. The molecule has 0 N–H and O–H groups in total. The van der Waals surface area contributed by atoms with Gasteiger partial charge in [-0.3, -0.25) is 0 Å². The molecule has 2 unspecified atom stereocenters. The van der Waals surface area contributed by atoms with Crippen molar-refractivity contribution in [3.05, 3.63) is 77.4 Å². The molecule has 0 aliphatic heterocycles. The van der Waals surface area contributed by atoms with Gasteiger partial charge in [0, 0.05) is 6.04 Å². The number of benzene rings is 2. The lowest BCUT2D eigenvalue weighted by molar-refractivity contribution is 0.252. The summed E-state index contributed by atoms with van der Waals surface area (Å²) in [5.41, 5.74) is 4.06. The first-order chi connectivity index (χ1) is 9.66. The van der Waals surface area contributed by atoms with Crippen LogP contribution in [0, 0.1) is 0 Å². The van der Waals surface area contributed by atoms with E-state index in [1.54, 1.807) is 0 Å². The van der Waals surface area contributed by atoms with Gasteiger partial charge in [-0.2, -0.15) is 0 Å². The van der Waals surface area contributed by atoms with E-state index < -0.39 is 0 Å². The first-order valence-electron chi connectivity index (χ1n) is 7.17. The normalized spacial score (nSPS) is 22.0. The maximum atomic E-state index is 2.37. The van der Waals surface area contributed by atoms with Crippen LogP contribution in [0.1, 0.15) is 23.6 Å². The van der Waals surface area contributed by atoms with Gasteiger partial charge in [0.05, 0.1) is 5.41 Å². The zero-order valence-electron chi connectivity index (χ0n) is 12.4. The molecule has 0 fully saturated rings. The first kappa shape index (κ1) is 13.1. The standard InChI is InChI=1S/C19H21N/c1-15(20(2)3)19(17-10-5-4-6-11-17)14-13-16-9-7-8-12-18(16)19/h4-15H,1-3H3. The number of hydrogen-bond donors (Lipinski definition) is 0. The summed E-state index contributed by atoms with van der Waals surface area (Å²) in [7, 11) is 4.31. The Labute approximate surface area is 121 Å². The Morgan fingerprint density at radius 1 is 0.900 bits per heavy atom. The average Bonchev–Trinajstić information content (AvgIpc) is 2.88. The van der Waals surface area contributed by atoms with E-state index in [-0.39, 0.29) is 5.41 Å². The first-order valence-corrected chi connectivity index (χ1v) is 7.17. The third-order valence-electron chi connectivity index (χ3n) is 4.62. The molecule has 0 amide bonds. The van der Waals surface area contributed by atoms with Gasteiger partial charge in [-0.25, -0.2) is 0 Å². The molecule has 0 saturated heterocycles. The monoisotopic (exact) mass is 263 g/mol. The summed E-state index contributed by atoms with van der Waals surface area (Å²) in [5.74, 6) is 0. The van der Waals surface area contributed by atoms with Crippen LogP contribution in [0.5, 0.6) is 0 Å². The number of rotatable bonds is 3. The Hall–Kier alpha value is -1.86. The molecule has 102 valence electrons. The lowest BCUT2D eigenvalue weighted by Crippen LogP contribution is -2.44. The Balaban J connectivity index is 2.25. The third-order valence-corrected chi connectivity index (χ3v) is 4.62. The summed E-state index contributed by atoms with van der Waals surface area (Å²) in [5, 5.41) is 0. The highest BCUT2D eigenvalue weighted by Gasteiger charge is 2.42. The van der Waals surface area contributed by atoms with E-state index in [1.165, 1.54) is 16.7 Å². The molecule has 0 radical (unpaired) electrons. The summed E-state index contributed by atoms with van der Waals surface area (Å²) >= 11 is 0. The third kappa shape index (κ3) is 1.82. The van der Waals surface area contributed by atoms with E-state index in [0.717, 1.165) is 0 Å². The number of likely N-dealkylation sites (N-methyl/N-ethyl adjacent to an activating group) is 1. The van der Waals surface area contributed by atoms with Crippen molar-refractivity contribution in [1.82, 2.24) is 4.90 Å². The van der Waals surface area contributed by atoms with Crippen molar-refractivity contribution in [3.8, 4) is 0 Å². The number of hydrogen-bond acceptors (Lipinski definition) is 1. The fourth-order valence-electron chi connectivity index (χ4n) is 3.31. The maximum Gasteiger partial charge on any atom is 0.0543 e. The van der Waals surface area contributed by atoms with Crippen LogP contribution in [0.3, 0.4) is 0 Å². The summed E-state index contributed by atoms with van der Waals surface area (Å²) in [4.78, 5) is 2.30. The topological polar surface area (TPSA) is 3.24 Å². The van der Waals surface area contributed by atoms with Crippen molar-refractivity contribution >= 4 is 6.08 Å². The maximum absolute atomic E-state index is 2.37. The van der Waals surface area contributed by atoms with Gasteiger partial charge in [-0.05, 0) is 37.7 Å². The molecule has 0 spiro atoms. The van der Waals surface area contributed by atoms with Crippen LogP contribution in [0.25, 0.3) is 6.08 Å². The van der Waals surface area contributed by atoms with E-state index in [1.807, 2.05) is 0 Å². The Morgan fingerprint density at radius 2 is 1.55 bits per heavy atom. The molecule has 0 saturated carbocycles. The second-order valence-corrected chi connectivity index (χ2v) is 5.80. The van der Waals surface area contributed by atoms with Crippen molar-refractivity contribution in [2.75, 3.05) is 14.1 Å². The second kappa shape index (κ2) is 4.92. The molecule has 0 bridgehead atoms. The molecule has 2 atom stereocenters. The lowest BCUT2D eigenvalue weighted by Gasteiger charge is -2.40. The summed E-state index contributed by atoms with van der Waals surface area (Å²) in [6.07, 6.45) is 4.64. The zero-order valence-corrected chi connectivity index (χ0v) is 12.4. The van der Waals surface area contributed by atoms with Crippen LogP contribution >= 0.6 is 0 Å². The number of nitrogens with zero attached hydrogens (tertiary/aromatic N) is 1. The molecule has 3 rings (SSSR count). The molecular formula is C19H21N. The molecule has 20 heavy (non-hydrogen) atoms. The highest BCUT2D eigenvalue weighted by Crippen LogP contribution is 2.45. The quantitative estimate of drug-likeness (QED) is 0.810. The molecule has 2 aromatic rings. The van der Waals surface area contributed by atoms with Gasteiger partial charge in [0.1, 0.15) is 0 Å². The van der Waals surface area contributed by atoms with E-state index >= 15 is 0 Å². The van der Waals surface area contributed by atoms with Crippen molar-refractivity contribution in [2.45, 2.75) is 18.4 Å². The van der Waals surface area contributed by atoms with Gasteiger partial charge in [-0.1, -0.05) is 66.7 Å². The van der Waals surface area contributed by atoms with Gasteiger partial charge >= 0.3 is 0 Å². The molecule has 1 nitrogen and oxygen atoms in total. The smallest absolute Gasteiger partial charge is 0.0543 e. The Morgan fingerprint density at radius 3 is 2.25 bits per heavy atom. The highest BCUT2D eigenvalue weighted by atomic mass is 15.1. The molecule has 0 heterocycles. The van der Waals surface area contributed by atoms with Crippen LogP contribution in [0.2, 0.25) is 0 Å². The minimum atomic E-state index is -0.0542. The average molecular weight is 263 g/mol. The van der Waals surface area contributed by atoms with E-state index in [0.29, 0.717) is 6.04 Å². The van der Waals surface area contributed by atoms with Crippen molar-refractivity contribution in [1.29, 1.82) is 0 Å². The molecule has 1 heteroatoms. The van der Waals surface area contributed by atoms with Crippen LogP contribution in [0.15, 0.2) is 60.7 Å². The van der Waals surface area contributed by atoms with Crippen molar-refractivity contribution in [3.63, 3.8) is 0 Å². The lowest BCUT2D eigenvalue weighted by atomic mass is 9.71. The van der Waals surface area contributed by atoms with Gasteiger partial charge in [0.15, 0.2) is 0 Å². The predicted molar refractivity (Wildman–Crippen MR) is 85.8 cm³/mol. The Kier molecular flexibility index (Phi) is 3.23. The van der Waals surface area contributed by atoms with E-state index in [2.05, 4.69) is 92.7 Å². The SMILES string of the molecule is CC(N(C)C)C1(c2ccccc2)C=Cc2ccccc21. The highest BCUT2D eigenvalue weighted by molar-refractivity contribution is 5.69. The van der Waals surface area contributed by atoms with Gasteiger partial charge in [0.25, 0.3) is 0 Å². The minimum absolute atomic E-state index is 0.0542. The van der Waals surface area contributed by atoms with Gasteiger partial charge in [-0.15, -0.1) is 0 Å². The van der Waals surface area contributed by atoms with Crippen LogP contribution in [-0.2, 0) is 5.41 Å². The van der Waals surface area contributed by atoms with Gasteiger partial charge < -0.3 is 4.90 Å². The summed E-state index contributed by atoms with van der Waals surface area (Å²) in [6, 6.07) is 20.0. The largest absolute Gasteiger partial charge is 0.305 e. The summed E-state index contributed by atoms with van der Waals surface area (Å²) < 4.78 is 0.